The van der Waals surface area contributed by atoms with Gasteiger partial charge in [-0.1, -0.05) is 0 Å². The fraction of sp³-hybridized carbons (Fsp3) is 0.846. The molecule has 2 rings (SSSR count). The Labute approximate surface area is 116 Å². The number of esters is 1. The van der Waals surface area contributed by atoms with Crippen molar-refractivity contribution in [1.29, 1.82) is 0 Å². The first kappa shape index (κ1) is 15.0. The number of rotatable bonds is 1. The molecule has 1 amide bonds. The standard InChI is InChI=1S/C13H20FNO5/c1-13(2,3)20-12(18)15-9(11(17)19-4)6-5-7(16)10(15)8(6)14/h6-10,16H,5H2,1-4H3/t6-,7-,8+,9+,10+/m1/s1. The smallest absolute Gasteiger partial charge is 0.411 e. The number of likely N-dealkylation sites (tertiary alicyclic amines) is 1. The summed E-state index contributed by atoms with van der Waals surface area (Å²) in [5.41, 5.74) is -0.768. The summed E-state index contributed by atoms with van der Waals surface area (Å²) < 4.78 is 24.0. The molecule has 2 aliphatic rings. The van der Waals surface area contributed by atoms with Crippen molar-refractivity contribution >= 4 is 12.1 Å². The summed E-state index contributed by atoms with van der Waals surface area (Å²) in [6.07, 6.45) is -3.09. The number of hydrogen-bond acceptors (Lipinski definition) is 5. The lowest BCUT2D eigenvalue weighted by Gasteiger charge is -2.36. The van der Waals surface area contributed by atoms with E-state index >= 15 is 0 Å². The third kappa shape index (κ3) is 2.34. The average Bonchev–Trinajstić information content (AvgIpc) is 2.75. The van der Waals surface area contributed by atoms with Crippen LogP contribution in [0.4, 0.5) is 9.18 Å². The Hall–Kier alpha value is -1.37. The summed E-state index contributed by atoms with van der Waals surface area (Å²) in [7, 11) is 1.19. The van der Waals surface area contributed by atoms with Crippen LogP contribution in [0.3, 0.4) is 0 Å². The zero-order valence-corrected chi connectivity index (χ0v) is 12.0. The van der Waals surface area contributed by atoms with Gasteiger partial charge in [0, 0.05) is 5.92 Å². The molecule has 1 aliphatic carbocycles. The summed E-state index contributed by atoms with van der Waals surface area (Å²) in [6, 6.07) is -2.07. The van der Waals surface area contributed by atoms with Gasteiger partial charge in [0.15, 0.2) is 0 Å². The number of aliphatic hydroxyl groups excluding tert-OH is 1. The van der Waals surface area contributed by atoms with Crippen LogP contribution in [0.15, 0.2) is 0 Å². The van der Waals surface area contributed by atoms with E-state index in [0.717, 1.165) is 4.90 Å². The van der Waals surface area contributed by atoms with Crippen LogP contribution >= 0.6 is 0 Å². The van der Waals surface area contributed by atoms with Gasteiger partial charge in [0.2, 0.25) is 0 Å². The minimum Gasteiger partial charge on any atom is -0.467 e. The minimum atomic E-state index is -1.44. The van der Waals surface area contributed by atoms with Crippen LogP contribution in [0.25, 0.3) is 0 Å². The Bertz CT molecular complexity index is 421. The third-order valence-electron chi connectivity index (χ3n) is 3.72. The van der Waals surface area contributed by atoms with Crippen molar-refractivity contribution < 1.29 is 28.6 Å². The van der Waals surface area contributed by atoms with E-state index in [-0.39, 0.29) is 6.42 Å². The van der Waals surface area contributed by atoms with Gasteiger partial charge in [-0.2, -0.15) is 0 Å². The second-order valence-corrected chi connectivity index (χ2v) is 6.26. The molecular formula is C13H20FNO5. The lowest BCUT2D eigenvalue weighted by atomic mass is 9.97. The number of carbonyl (C=O) groups is 2. The maximum atomic E-state index is 14.2. The molecule has 1 heterocycles. The monoisotopic (exact) mass is 289 g/mol. The molecule has 2 fully saturated rings. The number of piperidine rings is 1. The molecule has 0 radical (unpaired) electrons. The highest BCUT2D eigenvalue weighted by Gasteiger charge is 2.63. The normalized spacial score (nSPS) is 36.1. The molecule has 0 aromatic carbocycles. The minimum absolute atomic E-state index is 0.144. The van der Waals surface area contributed by atoms with Gasteiger partial charge in [-0.25, -0.2) is 14.0 Å². The summed E-state index contributed by atoms with van der Waals surface area (Å²) in [6.45, 7) is 5.03. The molecule has 0 aromatic heterocycles. The molecule has 1 aliphatic heterocycles. The van der Waals surface area contributed by atoms with Gasteiger partial charge >= 0.3 is 12.1 Å². The summed E-state index contributed by atoms with van der Waals surface area (Å²) in [5, 5.41) is 9.84. The zero-order valence-electron chi connectivity index (χ0n) is 12.0. The number of carbonyl (C=O) groups excluding carboxylic acids is 2. The number of halogens is 1. The second kappa shape index (κ2) is 4.87. The molecule has 0 aromatic rings. The van der Waals surface area contributed by atoms with Gasteiger partial charge in [0.05, 0.1) is 19.3 Å². The number of fused-ring (bicyclic) bond motifs is 2. The zero-order chi connectivity index (χ0) is 15.2. The van der Waals surface area contributed by atoms with E-state index in [1.54, 1.807) is 20.8 Å². The fourth-order valence-corrected chi connectivity index (χ4v) is 3.01. The number of ether oxygens (including phenoxy) is 2. The van der Waals surface area contributed by atoms with E-state index in [2.05, 4.69) is 4.74 Å². The molecule has 114 valence electrons. The van der Waals surface area contributed by atoms with Gasteiger partial charge in [0.1, 0.15) is 17.8 Å². The lowest BCUT2D eigenvalue weighted by Crippen LogP contribution is -2.55. The predicted octanol–water partition coefficient (Wildman–Crippen LogP) is 0.866. The fourth-order valence-electron chi connectivity index (χ4n) is 3.01. The molecule has 20 heavy (non-hydrogen) atoms. The van der Waals surface area contributed by atoms with Crippen LogP contribution in [0.2, 0.25) is 0 Å². The number of methoxy groups -OCH3 is 1. The van der Waals surface area contributed by atoms with Crippen LogP contribution in [0.5, 0.6) is 0 Å². The van der Waals surface area contributed by atoms with E-state index in [4.69, 9.17) is 4.74 Å². The molecule has 0 unspecified atom stereocenters. The first-order valence-electron chi connectivity index (χ1n) is 6.58. The number of alkyl halides is 1. The Balaban J connectivity index is 2.27. The molecule has 7 heteroatoms. The number of hydrogen-bond donors (Lipinski definition) is 1. The molecule has 1 saturated heterocycles. The molecule has 2 bridgehead atoms. The quantitative estimate of drug-likeness (QED) is 0.725. The van der Waals surface area contributed by atoms with Gasteiger partial charge in [0.25, 0.3) is 0 Å². The SMILES string of the molecule is COC(=O)[C@@H]1[C@@H]2C[C@@H](O)[C@@H]([C@H]2F)N1C(=O)OC(C)(C)C. The summed E-state index contributed by atoms with van der Waals surface area (Å²) in [5.74, 6) is -1.42. The molecular weight excluding hydrogens is 269 g/mol. The number of amides is 1. The van der Waals surface area contributed by atoms with E-state index in [0.29, 0.717) is 0 Å². The highest BCUT2D eigenvalue weighted by Crippen LogP contribution is 2.45. The maximum absolute atomic E-state index is 14.2. The van der Waals surface area contributed by atoms with Crippen LogP contribution in [-0.2, 0) is 14.3 Å². The van der Waals surface area contributed by atoms with Gasteiger partial charge < -0.3 is 14.6 Å². The lowest BCUT2D eigenvalue weighted by molar-refractivity contribution is -0.149. The van der Waals surface area contributed by atoms with Crippen molar-refractivity contribution in [1.82, 2.24) is 4.90 Å². The highest BCUT2D eigenvalue weighted by molar-refractivity contribution is 5.83. The van der Waals surface area contributed by atoms with Crippen LogP contribution in [0.1, 0.15) is 27.2 Å². The number of nitrogens with zero attached hydrogens (tertiary/aromatic N) is 1. The first-order chi connectivity index (χ1) is 9.17. The Morgan fingerprint density at radius 3 is 2.45 bits per heavy atom. The van der Waals surface area contributed by atoms with Crippen molar-refractivity contribution in [3.63, 3.8) is 0 Å². The third-order valence-corrected chi connectivity index (χ3v) is 3.72. The topological polar surface area (TPSA) is 76.1 Å². The Morgan fingerprint density at radius 2 is 1.95 bits per heavy atom. The van der Waals surface area contributed by atoms with Crippen LogP contribution in [-0.4, -0.2) is 59.1 Å². The van der Waals surface area contributed by atoms with Gasteiger partial charge in [-0.05, 0) is 27.2 Å². The molecule has 5 atom stereocenters. The number of aliphatic hydroxyl groups is 1. The van der Waals surface area contributed by atoms with Gasteiger partial charge in [-0.3, -0.25) is 4.90 Å². The largest absolute Gasteiger partial charge is 0.467 e. The van der Waals surface area contributed by atoms with Crippen LogP contribution in [0, 0.1) is 5.92 Å². The summed E-state index contributed by atoms with van der Waals surface area (Å²) in [4.78, 5) is 25.0. The predicted molar refractivity (Wildman–Crippen MR) is 66.7 cm³/mol. The summed E-state index contributed by atoms with van der Waals surface area (Å²) >= 11 is 0. The van der Waals surface area contributed by atoms with Crippen molar-refractivity contribution in [3.8, 4) is 0 Å². The van der Waals surface area contributed by atoms with E-state index < -0.39 is 47.9 Å². The molecule has 6 nitrogen and oxygen atoms in total. The molecule has 1 saturated carbocycles. The van der Waals surface area contributed by atoms with E-state index in [1.165, 1.54) is 7.11 Å². The first-order valence-corrected chi connectivity index (χ1v) is 6.58. The highest BCUT2D eigenvalue weighted by atomic mass is 19.1. The van der Waals surface area contributed by atoms with E-state index in [9.17, 15) is 19.1 Å². The second-order valence-electron chi connectivity index (χ2n) is 6.26. The maximum Gasteiger partial charge on any atom is 0.411 e. The Kier molecular flexibility index (Phi) is 3.66. The molecule has 0 spiro atoms. The average molecular weight is 289 g/mol. The molecule has 1 N–H and O–H groups in total. The van der Waals surface area contributed by atoms with Crippen LogP contribution < -0.4 is 0 Å². The van der Waals surface area contributed by atoms with Crippen molar-refractivity contribution in [3.05, 3.63) is 0 Å². The van der Waals surface area contributed by atoms with Gasteiger partial charge in [-0.15, -0.1) is 0 Å². The van der Waals surface area contributed by atoms with E-state index in [1.807, 2.05) is 0 Å². The Morgan fingerprint density at radius 1 is 1.35 bits per heavy atom. The van der Waals surface area contributed by atoms with Crippen molar-refractivity contribution in [2.75, 3.05) is 7.11 Å². The van der Waals surface area contributed by atoms with Crippen molar-refractivity contribution in [2.45, 2.75) is 57.2 Å². The van der Waals surface area contributed by atoms with Crippen molar-refractivity contribution in [2.24, 2.45) is 5.92 Å².